The van der Waals surface area contributed by atoms with Crippen molar-refractivity contribution in [2.24, 2.45) is 0 Å². The topological polar surface area (TPSA) is 23.5 Å². The Kier molecular flexibility index (Phi) is 5.27. The third kappa shape index (κ3) is 5.67. The van der Waals surface area contributed by atoms with Crippen molar-refractivity contribution in [3.8, 4) is 0 Å². The van der Waals surface area contributed by atoms with Gasteiger partial charge in [0.05, 0.1) is 5.60 Å². The van der Waals surface area contributed by atoms with Crippen molar-refractivity contribution in [2.45, 2.75) is 50.4 Å². The Balaban J connectivity index is 1.84. The molecule has 0 aromatic heterocycles. The van der Waals surface area contributed by atoms with Gasteiger partial charge in [0.1, 0.15) is 0 Å². The number of hydrogen-bond donors (Lipinski definition) is 1. The number of halogens is 3. The van der Waals surface area contributed by atoms with Crippen LogP contribution in [-0.4, -0.2) is 34.9 Å². The zero-order valence-electron chi connectivity index (χ0n) is 12.1. The molecule has 1 aliphatic heterocycles. The maximum Gasteiger partial charge on any atom is 0.389 e. The van der Waals surface area contributed by atoms with Crippen molar-refractivity contribution in [2.75, 3.05) is 13.1 Å². The van der Waals surface area contributed by atoms with Gasteiger partial charge in [0, 0.05) is 19.5 Å². The van der Waals surface area contributed by atoms with Crippen molar-refractivity contribution < 1.29 is 18.3 Å². The van der Waals surface area contributed by atoms with E-state index in [-0.39, 0.29) is 12.8 Å². The monoisotopic (exact) mass is 301 g/mol. The second-order valence-electron chi connectivity index (χ2n) is 5.99. The minimum atomic E-state index is -4.13. The Morgan fingerprint density at radius 1 is 1.19 bits per heavy atom. The summed E-state index contributed by atoms with van der Waals surface area (Å²) in [4.78, 5) is 2.13. The van der Waals surface area contributed by atoms with Crippen molar-refractivity contribution in [1.29, 1.82) is 0 Å². The molecule has 1 aromatic carbocycles. The van der Waals surface area contributed by atoms with Crippen LogP contribution in [0.3, 0.4) is 0 Å². The molecule has 0 aliphatic carbocycles. The molecule has 2 rings (SSSR count). The maximum atomic E-state index is 12.2. The summed E-state index contributed by atoms with van der Waals surface area (Å²) in [5.41, 5.74) is 0.190. The average Bonchev–Trinajstić information content (AvgIpc) is 2.38. The van der Waals surface area contributed by atoms with Crippen LogP contribution in [0, 0.1) is 0 Å². The van der Waals surface area contributed by atoms with Crippen molar-refractivity contribution >= 4 is 0 Å². The number of nitrogens with zero attached hydrogens (tertiary/aromatic N) is 1. The summed E-state index contributed by atoms with van der Waals surface area (Å²) in [6.45, 7) is 2.08. The highest BCUT2D eigenvalue weighted by atomic mass is 19.4. The second-order valence-corrected chi connectivity index (χ2v) is 5.99. The van der Waals surface area contributed by atoms with Gasteiger partial charge in [0.15, 0.2) is 0 Å². The summed E-state index contributed by atoms with van der Waals surface area (Å²) in [5.74, 6) is 0. The third-order valence-corrected chi connectivity index (χ3v) is 3.99. The van der Waals surface area contributed by atoms with E-state index in [1.807, 2.05) is 30.3 Å². The van der Waals surface area contributed by atoms with E-state index in [9.17, 15) is 18.3 Å². The standard InChI is InChI=1S/C16H22F3NO/c17-16(18,19)10-4-8-15(21)9-5-11-20(13-15)12-14-6-2-1-3-7-14/h1-3,6-7,21H,4-5,8-13H2. The van der Waals surface area contributed by atoms with Gasteiger partial charge in [0.25, 0.3) is 0 Å². The minimum absolute atomic E-state index is 0.000816. The van der Waals surface area contributed by atoms with Crippen LogP contribution in [0.4, 0.5) is 13.2 Å². The normalized spacial score (nSPS) is 24.2. The van der Waals surface area contributed by atoms with Crippen molar-refractivity contribution in [3.05, 3.63) is 35.9 Å². The van der Waals surface area contributed by atoms with E-state index in [1.165, 1.54) is 0 Å². The number of hydrogen-bond acceptors (Lipinski definition) is 2. The van der Waals surface area contributed by atoms with E-state index in [0.717, 1.165) is 25.1 Å². The van der Waals surface area contributed by atoms with Crippen LogP contribution >= 0.6 is 0 Å². The SMILES string of the molecule is OC1(CCCC(F)(F)F)CCCN(Cc2ccccc2)C1. The lowest BCUT2D eigenvalue weighted by Crippen LogP contribution is -2.47. The molecule has 0 bridgehead atoms. The van der Waals surface area contributed by atoms with E-state index in [4.69, 9.17) is 0 Å². The Morgan fingerprint density at radius 3 is 2.57 bits per heavy atom. The number of rotatable bonds is 5. The van der Waals surface area contributed by atoms with Crippen molar-refractivity contribution in [3.63, 3.8) is 0 Å². The molecule has 0 amide bonds. The molecule has 5 heteroatoms. The van der Waals surface area contributed by atoms with Gasteiger partial charge in [-0.05, 0) is 37.8 Å². The average molecular weight is 301 g/mol. The Labute approximate surface area is 123 Å². The fraction of sp³-hybridized carbons (Fsp3) is 0.625. The summed E-state index contributed by atoms with van der Waals surface area (Å²) >= 11 is 0. The first kappa shape index (κ1) is 16.3. The van der Waals surface area contributed by atoms with E-state index >= 15 is 0 Å². The first-order valence-corrected chi connectivity index (χ1v) is 7.42. The lowest BCUT2D eigenvalue weighted by atomic mass is 9.87. The largest absolute Gasteiger partial charge is 0.389 e. The molecule has 1 N–H and O–H groups in total. The predicted octanol–water partition coefficient (Wildman–Crippen LogP) is 3.75. The van der Waals surface area contributed by atoms with Gasteiger partial charge in [-0.3, -0.25) is 4.90 Å². The molecule has 1 saturated heterocycles. The lowest BCUT2D eigenvalue weighted by Gasteiger charge is -2.39. The van der Waals surface area contributed by atoms with Gasteiger partial charge < -0.3 is 5.11 Å². The molecule has 1 aromatic rings. The first-order chi connectivity index (χ1) is 9.86. The Hall–Kier alpha value is -1.07. The first-order valence-electron chi connectivity index (χ1n) is 7.42. The minimum Gasteiger partial charge on any atom is -0.389 e. The quantitative estimate of drug-likeness (QED) is 0.895. The summed E-state index contributed by atoms with van der Waals surface area (Å²) in [6, 6.07) is 9.94. The molecule has 0 spiro atoms. The smallest absolute Gasteiger partial charge is 0.389 e. The highest BCUT2D eigenvalue weighted by Crippen LogP contribution is 2.30. The number of benzene rings is 1. The summed E-state index contributed by atoms with van der Waals surface area (Å²) < 4.78 is 36.6. The third-order valence-electron chi connectivity index (χ3n) is 3.99. The highest BCUT2D eigenvalue weighted by Gasteiger charge is 2.34. The van der Waals surface area contributed by atoms with E-state index < -0.39 is 18.2 Å². The number of piperidine rings is 1. The number of β-amino-alcohol motifs (C(OH)–C–C–N with tert-alkyl or cyclic N) is 1. The van der Waals surface area contributed by atoms with Crippen LogP contribution in [0.25, 0.3) is 0 Å². The molecular weight excluding hydrogens is 279 g/mol. The number of aliphatic hydroxyl groups is 1. The predicted molar refractivity (Wildman–Crippen MR) is 75.8 cm³/mol. The maximum absolute atomic E-state index is 12.2. The molecule has 118 valence electrons. The van der Waals surface area contributed by atoms with Gasteiger partial charge in [-0.2, -0.15) is 13.2 Å². The van der Waals surface area contributed by atoms with Crippen LogP contribution in [-0.2, 0) is 6.54 Å². The highest BCUT2D eigenvalue weighted by molar-refractivity contribution is 5.14. The number of likely N-dealkylation sites (tertiary alicyclic amines) is 1. The van der Waals surface area contributed by atoms with Gasteiger partial charge in [-0.25, -0.2) is 0 Å². The molecule has 1 unspecified atom stereocenters. The molecule has 21 heavy (non-hydrogen) atoms. The van der Waals surface area contributed by atoms with Crippen LogP contribution < -0.4 is 0 Å². The van der Waals surface area contributed by atoms with Gasteiger partial charge in [0.2, 0.25) is 0 Å². The molecule has 1 aliphatic rings. The fourth-order valence-corrected chi connectivity index (χ4v) is 3.00. The van der Waals surface area contributed by atoms with Gasteiger partial charge in [-0.15, -0.1) is 0 Å². The second kappa shape index (κ2) is 6.79. The zero-order chi connectivity index (χ0) is 15.3. The van der Waals surface area contributed by atoms with Crippen LogP contribution in [0.15, 0.2) is 30.3 Å². The molecule has 1 atom stereocenters. The Morgan fingerprint density at radius 2 is 1.90 bits per heavy atom. The molecule has 0 radical (unpaired) electrons. The molecule has 2 nitrogen and oxygen atoms in total. The van der Waals surface area contributed by atoms with Crippen LogP contribution in [0.2, 0.25) is 0 Å². The lowest BCUT2D eigenvalue weighted by molar-refractivity contribution is -0.139. The van der Waals surface area contributed by atoms with Gasteiger partial charge in [-0.1, -0.05) is 30.3 Å². The van der Waals surface area contributed by atoms with Gasteiger partial charge >= 0.3 is 6.18 Å². The Bertz CT molecular complexity index is 435. The zero-order valence-corrected chi connectivity index (χ0v) is 12.1. The molecule has 0 saturated carbocycles. The van der Waals surface area contributed by atoms with E-state index in [1.54, 1.807) is 0 Å². The molecule has 1 heterocycles. The van der Waals surface area contributed by atoms with Crippen molar-refractivity contribution in [1.82, 2.24) is 4.90 Å². The summed E-state index contributed by atoms with van der Waals surface area (Å²) in [6.07, 6.45) is -3.30. The van der Waals surface area contributed by atoms with Crippen LogP contribution in [0.5, 0.6) is 0 Å². The van der Waals surface area contributed by atoms with E-state index in [2.05, 4.69) is 4.90 Å². The number of alkyl halides is 3. The summed E-state index contributed by atoms with van der Waals surface area (Å²) in [5, 5.41) is 10.5. The molecular formula is C16H22F3NO. The van der Waals surface area contributed by atoms with Crippen LogP contribution in [0.1, 0.15) is 37.7 Å². The fourth-order valence-electron chi connectivity index (χ4n) is 3.00. The van der Waals surface area contributed by atoms with E-state index in [0.29, 0.717) is 13.0 Å². The molecule has 1 fully saturated rings. The summed E-state index contributed by atoms with van der Waals surface area (Å²) in [7, 11) is 0.